The van der Waals surface area contributed by atoms with Crippen LogP contribution in [0.25, 0.3) is 11.1 Å². The first-order valence-electron chi connectivity index (χ1n) is 21.6. The van der Waals surface area contributed by atoms with Crippen LogP contribution in [0.1, 0.15) is 56.6 Å². The van der Waals surface area contributed by atoms with E-state index in [-0.39, 0.29) is 12.1 Å². The number of benzene rings is 5. The van der Waals surface area contributed by atoms with Crippen molar-refractivity contribution in [2.75, 3.05) is 14.7 Å². The number of thioether (sulfide) groups is 1. The number of para-hydroxylation sites is 2. The molecule has 0 fully saturated rings. The number of hydrogen-bond donors (Lipinski definition) is 0. The van der Waals surface area contributed by atoms with Gasteiger partial charge in [-0.3, -0.25) is 0 Å². The molecule has 0 N–H and O–H groups in total. The van der Waals surface area contributed by atoms with E-state index in [1.165, 1.54) is 60.5 Å². The molecule has 4 heteroatoms. The van der Waals surface area contributed by atoms with Crippen molar-refractivity contribution in [1.82, 2.24) is 0 Å². The van der Waals surface area contributed by atoms with Crippen molar-refractivity contribution in [3.8, 4) is 0 Å². The largest absolute Gasteiger partial charge is 0.335 e. The van der Waals surface area contributed by atoms with Gasteiger partial charge in [-0.25, -0.2) is 0 Å². The van der Waals surface area contributed by atoms with Crippen molar-refractivity contribution in [3.63, 3.8) is 0 Å². The Morgan fingerprint density at radius 3 is 1.82 bits per heavy atom. The molecule has 4 aliphatic carbocycles. The first-order valence-corrected chi connectivity index (χ1v) is 22.5. The van der Waals surface area contributed by atoms with E-state index < -0.39 is 0 Å². The van der Waals surface area contributed by atoms with Gasteiger partial charge < -0.3 is 14.7 Å². The molecule has 0 amide bonds. The minimum atomic E-state index is 0.129. The summed E-state index contributed by atoms with van der Waals surface area (Å²) >= 11 is 1.97. The number of rotatable bonds is 10. The number of fused-ring (bicyclic) bond motifs is 4. The van der Waals surface area contributed by atoms with E-state index in [1.807, 2.05) is 11.8 Å². The molecule has 3 atom stereocenters. The highest BCUT2D eigenvalue weighted by Gasteiger charge is 2.27. The fourth-order valence-corrected chi connectivity index (χ4v) is 10.6. The van der Waals surface area contributed by atoms with Gasteiger partial charge in [0, 0.05) is 51.1 Å². The molecule has 0 aromatic heterocycles. The fraction of sp³-hybridized carbons (Fsp3) is 0.179. The summed E-state index contributed by atoms with van der Waals surface area (Å²) in [5.41, 5.74) is 14.1. The first kappa shape index (κ1) is 38.0. The van der Waals surface area contributed by atoms with Crippen LogP contribution in [0.15, 0.2) is 221 Å². The molecule has 0 saturated heterocycles. The molecule has 296 valence electrons. The molecule has 1 heterocycles. The molecule has 0 saturated carbocycles. The van der Waals surface area contributed by atoms with Crippen LogP contribution in [0.4, 0.5) is 28.4 Å². The third-order valence-electron chi connectivity index (χ3n) is 12.4. The van der Waals surface area contributed by atoms with Crippen LogP contribution in [-0.4, -0.2) is 12.1 Å². The zero-order chi connectivity index (χ0) is 40.3. The van der Waals surface area contributed by atoms with E-state index in [0.717, 1.165) is 49.9 Å². The molecule has 10 rings (SSSR count). The maximum atomic E-state index is 2.54. The Morgan fingerprint density at radius 1 is 0.533 bits per heavy atom. The second kappa shape index (κ2) is 17.2. The van der Waals surface area contributed by atoms with Crippen LogP contribution in [0.3, 0.4) is 0 Å². The van der Waals surface area contributed by atoms with Crippen molar-refractivity contribution in [2.24, 2.45) is 5.92 Å². The van der Waals surface area contributed by atoms with Crippen molar-refractivity contribution < 1.29 is 0 Å². The standard InChI is InChI=1S/C56H51N3S/c1-41-24-28-47(29-25-41)58(46-19-9-4-10-20-46)50-34-38-52(39-35-50)59(51-36-32-49(33-37-51)57(44-15-5-2-6-16-44)45-17-7-3-8-18-45)48-30-26-42(27-31-48)53-22-13-14-43-40-56(53)60-55-23-12-11-21-54(43)55/h2-12,14-19,21,23-24,26-36,38-39,41,46,51H,13,20,22,25,37,40H2,1H3. The average molecular weight is 798 g/mol. The van der Waals surface area contributed by atoms with E-state index in [2.05, 4.69) is 222 Å². The van der Waals surface area contributed by atoms with Gasteiger partial charge in [0.1, 0.15) is 0 Å². The van der Waals surface area contributed by atoms with Crippen LogP contribution >= 0.6 is 11.8 Å². The predicted octanol–water partition coefficient (Wildman–Crippen LogP) is 15.1. The minimum Gasteiger partial charge on any atom is -0.335 e. The molecule has 5 aromatic rings. The van der Waals surface area contributed by atoms with Gasteiger partial charge in [-0.2, -0.15) is 0 Å². The predicted molar refractivity (Wildman–Crippen MR) is 257 cm³/mol. The van der Waals surface area contributed by atoms with Gasteiger partial charge in [0.15, 0.2) is 0 Å². The normalized spacial score (nSPS) is 20.4. The Morgan fingerprint density at radius 2 is 1.17 bits per heavy atom. The van der Waals surface area contributed by atoms with Gasteiger partial charge >= 0.3 is 0 Å². The smallest absolute Gasteiger partial charge is 0.0561 e. The lowest BCUT2D eigenvalue weighted by Crippen LogP contribution is -2.34. The van der Waals surface area contributed by atoms with Gasteiger partial charge in [-0.1, -0.05) is 140 Å². The third kappa shape index (κ3) is 7.80. The van der Waals surface area contributed by atoms with E-state index >= 15 is 0 Å². The second-order valence-corrected chi connectivity index (χ2v) is 17.5. The lowest BCUT2D eigenvalue weighted by Gasteiger charge is -2.37. The van der Waals surface area contributed by atoms with E-state index in [9.17, 15) is 0 Å². The Hall–Kier alpha value is -6.23. The lowest BCUT2D eigenvalue weighted by atomic mass is 9.97. The highest BCUT2D eigenvalue weighted by molar-refractivity contribution is 8.03. The topological polar surface area (TPSA) is 9.72 Å². The van der Waals surface area contributed by atoms with E-state index in [4.69, 9.17) is 0 Å². The van der Waals surface area contributed by atoms with Crippen LogP contribution in [-0.2, 0) is 0 Å². The molecular weight excluding hydrogens is 747 g/mol. The quantitative estimate of drug-likeness (QED) is 0.139. The summed E-state index contributed by atoms with van der Waals surface area (Å²) in [4.78, 5) is 10.3. The summed E-state index contributed by atoms with van der Waals surface area (Å²) < 4.78 is 0. The molecular formula is C56H51N3S. The zero-order valence-electron chi connectivity index (χ0n) is 34.3. The average Bonchev–Trinajstić information content (AvgIpc) is 3.48. The van der Waals surface area contributed by atoms with Crippen LogP contribution < -0.4 is 14.7 Å². The minimum absolute atomic E-state index is 0.129. The maximum Gasteiger partial charge on any atom is 0.0561 e. The number of anilines is 5. The van der Waals surface area contributed by atoms with Gasteiger partial charge in [0.2, 0.25) is 0 Å². The molecule has 5 aliphatic rings. The molecule has 3 nitrogen and oxygen atoms in total. The fourth-order valence-electron chi connectivity index (χ4n) is 9.32. The maximum absolute atomic E-state index is 2.54. The Labute approximate surface area is 360 Å². The lowest BCUT2D eigenvalue weighted by molar-refractivity contribution is 0.704. The Balaban J connectivity index is 0.996. The summed E-state index contributed by atoms with van der Waals surface area (Å²) in [6.45, 7) is 2.29. The summed E-state index contributed by atoms with van der Waals surface area (Å²) in [5.74, 6) is 0.567. The van der Waals surface area contributed by atoms with E-state index in [1.54, 1.807) is 0 Å². The van der Waals surface area contributed by atoms with Crippen LogP contribution in [0, 0.1) is 5.92 Å². The molecule has 0 spiro atoms. The first-order chi connectivity index (χ1) is 29.7. The zero-order valence-corrected chi connectivity index (χ0v) is 35.1. The monoisotopic (exact) mass is 797 g/mol. The van der Waals surface area contributed by atoms with Gasteiger partial charge in [-0.15, -0.1) is 0 Å². The number of hydrogen-bond acceptors (Lipinski definition) is 4. The van der Waals surface area contributed by atoms with Crippen molar-refractivity contribution in [2.45, 2.75) is 62.4 Å². The van der Waals surface area contributed by atoms with Crippen molar-refractivity contribution >= 4 is 51.3 Å². The Kier molecular flexibility index (Phi) is 10.9. The second-order valence-electron chi connectivity index (χ2n) is 16.4. The van der Waals surface area contributed by atoms with Crippen molar-refractivity contribution in [3.05, 3.63) is 228 Å². The summed E-state index contributed by atoms with van der Waals surface area (Å²) in [7, 11) is 0. The van der Waals surface area contributed by atoms with Crippen LogP contribution in [0.2, 0.25) is 0 Å². The number of nitrogens with zero attached hydrogens (tertiary/aromatic N) is 3. The molecule has 5 aromatic carbocycles. The molecule has 2 bridgehead atoms. The Bertz CT molecular complexity index is 2550. The van der Waals surface area contributed by atoms with Gasteiger partial charge in [0.25, 0.3) is 0 Å². The van der Waals surface area contributed by atoms with Gasteiger partial charge in [-0.05, 0) is 144 Å². The summed E-state index contributed by atoms with van der Waals surface area (Å²) in [6, 6.07) is 49.5. The molecule has 0 radical (unpaired) electrons. The SMILES string of the molecule is CC1C=CC(N(c2ccc(N(c3ccc(C4=C5CC(=CCC4)c4ccccc4S5)cc3)C3C=CC(N(c4ccccc4)c4ccccc4)=CC3)cc2)C2C=CC=CC2)=CC1. The molecule has 3 unspecified atom stereocenters. The highest BCUT2D eigenvalue weighted by Crippen LogP contribution is 2.50. The third-order valence-corrected chi connectivity index (χ3v) is 13.6. The number of allylic oxidation sites excluding steroid dienone is 10. The van der Waals surface area contributed by atoms with Crippen LogP contribution in [0.5, 0.6) is 0 Å². The molecule has 60 heavy (non-hydrogen) atoms. The summed E-state index contributed by atoms with van der Waals surface area (Å²) in [6.07, 6.45) is 31.8. The van der Waals surface area contributed by atoms with Crippen molar-refractivity contribution in [1.29, 1.82) is 0 Å². The highest BCUT2D eigenvalue weighted by atomic mass is 32.2. The van der Waals surface area contributed by atoms with E-state index in [0.29, 0.717) is 5.92 Å². The summed E-state index contributed by atoms with van der Waals surface area (Å²) in [5, 5.41) is 0. The van der Waals surface area contributed by atoms with Gasteiger partial charge in [0.05, 0.1) is 12.1 Å². The molecule has 1 aliphatic heterocycles.